The molecule has 0 aromatic heterocycles. The lowest BCUT2D eigenvalue weighted by Crippen LogP contribution is -2.48. The van der Waals surface area contributed by atoms with Crippen molar-refractivity contribution in [1.29, 1.82) is 0 Å². The highest BCUT2D eigenvalue weighted by Crippen LogP contribution is 2.36. The zero-order chi connectivity index (χ0) is 11.8. The summed E-state index contributed by atoms with van der Waals surface area (Å²) in [6.07, 6.45) is 2.02. The van der Waals surface area contributed by atoms with Gasteiger partial charge in [0.2, 0.25) is 0 Å². The second-order valence-electron chi connectivity index (χ2n) is 4.13. The topological polar surface area (TPSA) is 49.3 Å². The van der Waals surface area contributed by atoms with Gasteiger partial charge in [-0.1, -0.05) is 28.9 Å². The lowest BCUT2D eigenvalue weighted by atomic mass is 9.84. The minimum absolute atomic E-state index is 0.592. The van der Waals surface area contributed by atoms with E-state index in [2.05, 4.69) is 21.2 Å². The molecule has 16 heavy (non-hydrogen) atoms. The fraction of sp³-hybridized carbons (Fsp3) is 0.417. The summed E-state index contributed by atoms with van der Waals surface area (Å²) < 4.78 is 1.05. The van der Waals surface area contributed by atoms with Crippen LogP contribution in [0.25, 0.3) is 0 Å². The Bertz CT molecular complexity index is 433. The number of nitrogens with one attached hydrogen (secondary N) is 1. The van der Waals surface area contributed by atoms with Gasteiger partial charge in [-0.3, -0.25) is 0 Å². The molecule has 1 unspecified atom stereocenters. The number of hydrogen-bond acceptors (Lipinski definition) is 2. The Kier molecular flexibility index (Phi) is 2.93. The van der Waals surface area contributed by atoms with Crippen LogP contribution in [0.2, 0.25) is 0 Å². The van der Waals surface area contributed by atoms with Crippen LogP contribution >= 0.6 is 15.9 Å². The van der Waals surface area contributed by atoms with E-state index in [1.165, 1.54) is 5.56 Å². The van der Waals surface area contributed by atoms with Crippen LogP contribution in [0.1, 0.15) is 25.3 Å². The van der Waals surface area contributed by atoms with E-state index in [9.17, 15) is 9.90 Å². The maximum atomic E-state index is 11.3. The van der Waals surface area contributed by atoms with E-state index < -0.39 is 11.5 Å². The number of benzene rings is 1. The Labute approximate surface area is 103 Å². The summed E-state index contributed by atoms with van der Waals surface area (Å²) >= 11 is 3.49. The van der Waals surface area contributed by atoms with E-state index in [4.69, 9.17) is 0 Å². The first-order valence-corrected chi connectivity index (χ1v) is 6.17. The van der Waals surface area contributed by atoms with Crippen LogP contribution in [0.5, 0.6) is 0 Å². The first kappa shape index (κ1) is 11.5. The minimum atomic E-state index is -0.798. The highest BCUT2D eigenvalue weighted by atomic mass is 79.9. The van der Waals surface area contributed by atoms with Crippen molar-refractivity contribution >= 4 is 27.6 Å². The maximum Gasteiger partial charge on any atom is 0.329 e. The zero-order valence-electron chi connectivity index (χ0n) is 9.09. The van der Waals surface area contributed by atoms with Gasteiger partial charge in [-0.2, -0.15) is 0 Å². The van der Waals surface area contributed by atoms with Crippen molar-refractivity contribution in [2.45, 2.75) is 31.7 Å². The number of rotatable bonds is 2. The first-order chi connectivity index (χ1) is 7.59. The molecule has 0 saturated carbocycles. The van der Waals surface area contributed by atoms with Gasteiger partial charge in [0, 0.05) is 10.2 Å². The average Bonchev–Trinajstić information content (AvgIpc) is 2.28. The molecule has 0 aliphatic carbocycles. The van der Waals surface area contributed by atoms with Gasteiger partial charge in [0.15, 0.2) is 0 Å². The molecule has 0 radical (unpaired) electrons. The van der Waals surface area contributed by atoms with Gasteiger partial charge in [0.1, 0.15) is 5.54 Å². The summed E-state index contributed by atoms with van der Waals surface area (Å²) in [5.41, 5.74) is 1.31. The van der Waals surface area contributed by atoms with Crippen LogP contribution in [0.15, 0.2) is 22.7 Å². The maximum absolute atomic E-state index is 11.3. The Morgan fingerprint density at radius 2 is 2.38 bits per heavy atom. The Hall–Kier alpha value is -1.03. The summed E-state index contributed by atoms with van der Waals surface area (Å²) in [5, 5.41) is 12.5. The lowest BCUT2D eigenvalue weighted by molar-refractivity contribution is -0.142. The number of fused-ring (bicyclic) bond motifs is 1. The fourth-order valence-corrected chi connectivity index (χ4v) is 2.73. The predicted molar refractivity (Wildman–Crippen MR) is 66.7 cm³/mol. The van der Waals surface area contributed by atoms with Crippen LogP contribution < -0.4 is 5.32 Å². The van der Waals surface area contributed by atoms with Crippen LogP contribution in [-0.2, 0) is 11.2 Å². The molecule has 0 saturated heterocycles. The summed E-state index contributed by atoms with van der Waals surface area (Å²) in [4.78, 5) is 11.3. The van der Waals surface area contributed by atoms with Crippen LogP contribution in [0.4, 0.5) is 5.69 Å². The second-order valence-corrected chi connectivity index (χ2v) is 4.99. The van der Waals surface area contributed by atoms with Crippen LogP contribution in [0.3, 0.4) is 0 Å². The van der Waals surface area contributed by atoms with E-state index >= 15 is 0 Å². The number of halogens is 1. The molecule has 0 spiro atoms. The number of carboxylic acids is 1. The van der Waals surface area contributed by atoms with Crippen molar-refractivity contribution in [2.24, 2.45) is 0 Å². The average molecular weight is 284 g/mol. The molecule has 1 aromatic carbocycles. The Morgan fingerprint density at radius 3 is 3.00 bits per heavy atom. The Morgan fingerprint density at radius 1 is 1.62 bits per heavy atom. The minimum Gasteiger partial charge on any atom is -0.480 e. The molecule has 1 heterocycles. The van der Waals surface area contributed by atoms with Crippen molar-refractivity contribution in [2.75, 3.05) is 5.32 Å². The molecule has 1 aliphatic rings. The molecular formula is C12H14BrNO2. The summed E-state index contributed by atoms with van der Waals surface area (Å²) in [7, 11) is 0. The molecule has 2 N–H and O–H groups in total. The molecule has 2 rings (SSSR count). The molecule has 0 amide bonds. The molecule has 1 atom stereocenters. The number of anilines is 1. The third-order valence-corrected chi connectivity index (χ3v) is 4.05. The summed E-state index contributed by atoms with van der Waals surface area (Å²) in [6.45, 7) is 1.91. The fourth-order valence-electron chi connectivity index (χ4n) is 2.17. The first-order valence-electron chi connectivity index (χ1n) is 5.38. The Balaban J connectivity index is 2.40. The van der Waals surface area contributed by atoms with Gasteiger partial charge < -0.3 is 10.4 Å². The second kappa shape index (κ2) is 4.09. The van der Waals surface area contributed by atoms with Gasteiger partial charge in [-0.15, -0.1) is 0 Å². The van der Waals surface area contributed by atoms with Gasteiger partial charge in [-0.25, -0.2) is 4.79 Å². The predicted octanol–water partition coefficient (Wildman–Crippen LogP) is 3.04. The zero-order valence-corrected chi connectivity index (χ0v) is 10.7. The summed E-state index contributed by atoms with van der Waals surface area (Å²) in [5.74, 6) is -0.763. The van der Waals surface area contributed by atoms with Crippen molar-refractivity contribution < 1.29 is 9.90 Å². The monoisotopic (exact) mass is 283 g/mol. The van der Waals surface area contributed by atoms with Crippen molar-refractivity contribution in [1.82, 2.24) is 0 Å². The highest BCUT2D eigenvalue weighted by molar-refractivity contribution is 9.10. The van der Waals surface area contributed by atoms with Crippen LogP contribution in [0, 0.1) is 0 Å². The highest BCUT2D eigenvalue weighted by Gasteiger charge is 2.39. The van der Waals surface area contributed by atoms with Gasteiger partial charge in [0.25, 0.3) is 0 Å². The third-order valence-electron chi connectivity index (χ3n) is 3.31. The van der Waals surface area contributed by atoms with Crippen molar-refractivity contribution in [3.05, 3.63) is 28.2 Å². The molecule has 0 bridgehead atoms. The van der Waals surface area contributed by atoms with E-state index in [1.807, 2.05) is 25.1 Å². The van der Waals surface area contributed by atoms with Gasteiger partial charge >= 0.3 is 5.97 Å². The van der Waals surface area contributed by atoms with Crippen LogP contribution in [-0.4, -0.2) is 16.6 Å². The lowest BCUT2D eigenvalue weighted by Gasteiger charge is -2.36. The van der Waals surface area contributed by atoms with Gasteiger partial charge in [0.05, 0.1) is 0 Å². The van der Waals surface area contributed by atoms with Gasteiger partial charge in [-0.05, 0) is 37.0 Å². The normalized spacial score (nSPS) is 23.4. The standard InChI is InChI=1S/C12H14BrNO2/c1-2-12(11(15)16)7-6-8-9(13)4-3-5-10(8)14-12/h3-5,14H,2,6-7H2,1H3,(H,15,16). The van der Waals surface area contributed by atoms with E-state index in [-0.39, 0.29) is 0 Å². The number of hydrogen-bond donors (Lipinski definition) is 2. The van der Waals surface area contributed by atoms with E-state index in [0.29, 0.717) is 12.8 Å². The van der Waals surface area contributed by atoms with Crippen molar-refractivity contribution in [3.63, 3.8) is 0 Å². The SMILES string of the molecule is CCC1(C(=O)O)CCc2c(Br)cccc2N1. The largest absolute Gasteiger partial charge is 0.480 e. The molecular weight excluding hydrogens is 270 g/mol. The number of carboxylic acid groups (broad SMARTS) is 1. The van der Waals surface area contributed by atoms with E-state index in [1.54, 1.807) is 0 Å². The number of carbonyl (C=O) groups is 1. The van der Waals surface area contributed by atoms with E-state index in [0.717, 1.165) is 16.6 Å². The molecule has 0 fully saturated rings. The van der Waals surface area contributed by atoms with Crippen molar-refractivity contribution in [3.8, 4) is 0 Å². The quantitative estimate of drug-likeness (QED) is 0.877. The molecule has 86 valence electrons. The summed E-state index contributed by atoms with van der Waals surface area (Å²) in [6, 6.07) is 5.84. The molecule has 3 nitrogen and oxygen atoms in total. The third kappa shape index (κ3) is 1.71. The molecule has 1 aromatic rings. The smallest absolute Gasteiger partial charge is 0.329 e. The number of aliphatic carboxylic acids is 1. The molecule has 1 aliphatic heterocycles. The molecule has 4 heteroatoms.